The van der Waals surface area contributed by atoms with Crippen LogP contribution >= 0.6 is 0 Å². The first-order valence-electron chi connectivity index (χ1n) is 19.8. The second kappa shape index (κ2) is 13.5. The normalized spacial score (nSPS) is 58.4. The Hall–Kier alpha value is -0.740. The number of ether oxygens (including phenoxy) is 6. The molecule has 0 aromatic carbocycles. The molecule has 0 unspecified atom stereocenters. The van der Waals surface area contributed by atoms with E-state index in [2.05, 4.69) is 33.8 Å². The molecule has 7 fully saturated rings. The molecule has 4 aliphatic heterocycles. The predicted molar refractivity (Wildman–Crippen MR) is 182 cm³/mol. The number of rotatable bonds is 5. The van der Waals surface area contributed by atoms with Crippen molar-refractivity contribution in [3.8, 4) is 0 Å². The lowest BCUT2D eigenvalue weighted by Gasteiger charge is -2.58. The molecule has 3 saturated carbocycles. The molecule has 290 valence electrons. The first kappa shape index (κ1) is 37.2. The Morgan fingerprint density at radius 2 is 1.61 bits per heavy atom. The van der Waals surface area contributed by atoms with E-state index in [1.807, 2.05) is 0 Å². The summed E-state index contributed by atoms with van der Waals surface area (Å²) in [4.78, 5) is 0. The zero-order chi connectivity index (χ0) is 36.2. The van der Waals surface area contributed by atoms with Crippen LogP contribution in [0.4, 0.5) is 0 Å². The van der Waals surface area contributed by atoms with E-state index in [1.165, 1.54) is 31.8 Å². The third-order valence-corrected chi connectivity index (χ3v) is 15.6. The number of aliphatic hydroxyl groups excluding tert-OH is 6. The molecule has 8 rings (SSSR count). The summed E-state index contributed by atoms with van der Waals surface area (Å²) < 4.78 is 37.6. The molecule has 21 atom stereocenters. The Bertz CT molecular complexity index is 1300. The van der Waals surface area contributed by atoms with Crippen molar-refractivity contribution in [3.63, 3.8) is 0 Å². The van der Waals surface area contributed by atoms with Crippen LogP contribution in [0, 0.1) is 46.3 Å². The summed E-state index contributed by atoms with van der Waals surface area (Å²) in [7, 11) is 0. The zero-order valence-electron chi connectivity index (χ0n) is 30.9. The molecule has 0 aromatic heterocycles. The molecule has 4 aliphatic carbocycles. The minimum atomic E-state index is -1.61. The van der Waals surface area contributed by atoms with E-state index in [4.69, 9.17) is 28.4 Å². The van der Waals surface area contributed by atoms with Gasteiger partial charge in [-0.05, 0) is 98.7 Å². The van der Waals surface area contributed by atoms with Crippen molar-refractivity contribution in [2.45, 2.75) is 172 Å². The lowest BCUT2D eigenvalue weighted by atomic mass is 9.47. The number of hydrogen-bond acceptors (Lipinski definition) is 12. The van der Waals surface area contributed by atoms with Gasteiger partial charge in [0.2, 0.25) is 0 Å². The molecule has 0 bridgehead atoms. The van der Waals surface area contributed by atoms with Crippen molar-refractivity contribution >= 4 is 0 Å². The zero-order valence-corrected chi connectivity index (χ0v) is 30.9. The summed E-state index contributed by atoms with van der Waals surface area (Å²) in [6, 6.07) is 0. The minimum absolute atomic E-state index is 0.0535. The van der Waals surface area contributed by atoms with Gasteiger partial charge in [-0.15, -0.1) is 0 Å². The van der Waals surface area contributed by atoms with Crippen molar-refractivity contribution in [1.82, 2.24) is 0 Å². The van der Waals surface area contributed by atoms with Crippen LogP contribution < -0.4 is 0 Å². The topological polar surface area (TPSA) is 177 Å². The number of allylic oxidation sites excluding steroid dienone is 1. The summed E-state index contributed by atoms with van der Waals surface area (Å²) in [6.07, 6.45) is -1.68. The second-order valence-electron chi connectivity index (χ2n) is 18.3. The van der Waals surface area contributed by atoms with E-state index in [0.717, 1.165) is 38.7 Å². The van der Waals surface area contributed by atoms with E-state index < -0.39 is 73.8 Å². The van der Waals surface area contributed by atoms with Gasteiger partial charge in [0.1, 0.15) is 42.7 Å². The molecule has 6 N–H and O–H groups in total. The smallest absolute Gasteiger partial charge is 0.187 e. The van der Waals surface area contributed by atoms with Crippen molar-refractivity contribution in [1.29, 1.82) is 0 Å². The third-order valence-electron chi connectivity index (χ3n) is 15.6. The van der Waals surface area contributed by atoms with Gasteiger partial charge in [-0.25, -0.2) is 0 Å². The molecule has 12 nitrogen and oxygen atoms in total. The fourth-order valence-electron chi connectivity index (χ4n) is 12.5. The van der Waals surface area contributed by atoms with Crippen molar-refractivity contribution in [2.75, 3.05) is 13.2 Å². The van der Waals surface area contributed by atoms with Gasteiger partial charge in [0.05, 0.1) is 31.5 Å². The molecule has 4 saturated heterocycles. The molecule has 4 heterocycles. The summed E-state index contributed by atoms with van der Waals surface area (Å²) in [5, 5.41) is 62.9. The minimum Gasteiger partial charge on any atom is -0.394 e. The van der Waals surface area contributed by atoms with E-state index in [9.17, 15) is 30.6 Å². The largest absolute Gasteiger partial charge is 0.394 e. The van der Waals surface area contributed by atoms with Crippen LogP contribution in [-0.4, -0.2) is 123 Å². The maximum atomic E-state index is 11.1. The molecule has 0 radical (unpaired) electrons. The van der Waals surface area contributed by atoms with Crippen LogP contribution in [0.1, 0.15) is 92.4 Å². The van der Waals surface area contributed by atoms with Gasteiger partial charge >= 0.3 is 0 Å². The van der Waals surface area contributed by atoms with E-state index in [-0.39, 0.29) is 23.0 Å². The first-order valence-corrected chi connectivity index (χ1v) is 19.8. The number of hydrogen-bond donors (Lipinski definition) is 6. The van der Waals surface area contributed by atoms with E-state index in [0.29, 0.717) is 41.9 Å². The van der Waals surface area contributed by atoms with E-state index in [1.54, 1.807) is 0 Å². The van der Waals surface area contributed by atoms with Crippen LogP contribution in [0.15, 0.2) is 11.6 Å². The maximum absolute atomic E-state index is 11.1. The summed E-state index contributed by atoms with van der Waals surface area (Å²) in [6.45, 7) is 11.5. The molecular weight excluding hydrogens is 660 g/mol. The second-order valence-corrected chi connectivity index (χ2v) is 18.3. The fourth-order valence-corrected chi connectivity index (χ4v) is 12.5. The van der Waals surface area contributed by atoms with Gasteiger partial charge in [0.15, 0.2) is 18.4 Å². The number of fused-ring (bicyclic) bond motifs is 7. The molecule has 12 heteroatoms. The number of aliphatic hydroxyl groups is 6. The standard InChI is InChI=1S/C39H62O12/c1-18-8-13-39(46-17-18)19(2)28-26(51-39)15-25-23-7-6-21-14-22(9-11-37(21,4)24(23)10-12-38(25,28)5)48-36-34(32(44)30(42)27(16-40)49-36)50-35-33(45)31(43)29(41)20(3)47-35/h6,18-20,22-36,40-45H,7-17H2,1-5H3/t18-,19+,20-,22-,23+,24-,25+,26-,27+,28-,29-,30-,31+,32-,33-,34+,35-,36+,37+,38+,39-/m1/s1. The quantitative estimate of drug-likeness (QED) is 0.229. The Balaban J connectivity index is 0.964. The van der Waals surface area contributed by atoms with Crippen molar-refractivity contribution in [3.05, 3.63) is 11.6 Å². The highest BCUT2D eigenvalue weighted by atomic mass is 16.8. The molecular formula is C39H62O12. The fraction of sp³-hybridized carbons (Fsp3) is 0.949. The van der Waals surface area contributed by atoms with Gasteiger partial charge in [0.25, 0.3) is 0 Å². The maximum Gasteiger partial charge on any atom is 0.187 e. The third kappa shape index (κ3) is 5.84. The molecule has 1 spiro atoms. The van der Waals surface area contributed by atoms with Gasteiger partial charge < -0.3 is 59.1 Å². The lowest BCUT2D eigenvalue weighted by molar-refractivity contribution is -0.369. The van der Waals surface area contributed by atoms with E-state index >= 15 is 0 Å². The highest BCUT2D eigenvalue weighted by molar-refractivity contribution is 5.26. The van der Waals surface area contributed by atoms with Crippen LogP contribution in [0.5, 0.6) is 0 Å². The first-order chi connectivity index (χ1) is 24.2. The molecule has 51 heavy (non-hydrogen) atoms. The Labute approximate surface area is 301 Å². The average molecular weight is 723 g/mol. The highest BCUT2D eigenvalue weighted by Crippen LogP contribution is 2.70. The SMILES string of the molecule is C[C@@H]1CC[C@@]2(OC1)O[C@@H]1C[C@H]3[C@H]4CC=C5C[C@H](O[C@H]6O[C@@H](CO)[C@@H](O)[C@@H](O)[C@@H]6O[C@H]6O[C@H](C)[C@@H](O)[C@H](O)[C@H]6O)CC[C@]5(C)[C@@H]4CC[C@]3(C)[C@@H]1[C@@H]2C. The molecule has 0 aromatic rings. The summed E-state index contributed by atoms with van der Waals surface area (Å²) in [5.41, 5.74) is 1.70. The van der Waals surface area contributed by atoms with Gasteiger partial charge in [-0.1, -0.05) is 39.3 Å². The van der Waals surface area contributed by atoms with Gasteiger partial charge in [0, 0.05) is 12.3 Å². The average Bonchev–Trinajstić information content (AvgIpc) is 3.56. The van der Waals surface area contributed by atoms with Crippen molar-refractivity contribution in [2.24, 2.45) is 46.3 Å². The van der Waals surface area contributed by atoms with Crippen LogP contribution in [0.3, 0.4) is 0 Å². The summed E-state index contributed by atoms with van der Waals surface area (Å²) in [5.74, 6) is 2.92. The van der Waals surface area contributed by atoms with Crippen LogP contribution in [0.25, 0.3) is 0 Å². The van der Waals surface area contributed by atoms with Crippen molar-refractivity contribution < 1.29 is 59.1 Å². The van der Waals surface area contributed by atoms with Crippen LogP contribution in [-0.2, 0) is 28.4 Å². The highest BCUT2D eigenvalue weighted by Gasteiger charge is 2.68. The Morgan fingerprint density at radius 1 is 0.824 bits per heavy atom. The van der Waals surface area contributed by atoms with Gasteiger partial charge in [-0.3, -0.25) is 0 Å². The molecule has 0 amide bonds. The monoisotopic (exact) mass is 722 g/mol. The summed E-state index contributed by atoms with van der Waals surface area (Å²) >= 11 is 0. The van der Waals surface area contributed by atoms with Crippen LogP contribution in [0.2, 0.25) is 0 Å². The van der Waals surface area contributed by atoms with Gasteiger partial charge in [-0.2, -0.15) is 0 Å². The predicted octanol–water partition coefficient (Wildman–Crippen LogP) is 2.39. The lowest BCUT2D eigenvalue weighted by Crippen LogP contribution is -2.64. The Morgan fingerprint density at radius 3 is 2.33 bits per heavy atom. The Kier molecular flexibility index (Phi) is 9.83. The molecule has 8 aliphatic rings.